The number of halogens is 1. The molecule has 7 heteroatoms. The van der Waals surface area contributed by atoms with Crippen molar-refractivity contribution in [3.63, 3.8) is 0 Å². The van der Waals surface area contributed by atoms with Crippen LogP contribution in [-0.4, -0.2) is 18.8 Å². The lowest BCUT2D eigenvalue weighted by Gasteiger charge is -2.24. The fourth-order valence-electron chi connectivity index (χ4n) is 3.21. The molecule has 1 heterocycles. The van der Waals surface area contributed by atoms with E-state index in [1.165, 1.54) is 5.56 Å². The number of benzene rings is 1. The van der Waals surface area contributed by atoms with Gasteiger partial charge in [-0.25, -0.2) is 8.42 Å². The zero-order chi connectivity index (χ0) is 16.4. The summed E-state index contributed by atoms with van der Waals surface area (Å²) in [6.45, 7) is 3.29. The van der Waals surface area contributed by atoms with Crippen molar-refractivity contribution >= 4 is 31.8 Å². The highest BCUT2D eigenvalue weighted by molar-refractivity contribution is 9.10. The van der Waals surface area contributed by atoms with Crippen LogP contribution in [-0.2, 0) is 21.9 Å². The highest BCUT2D eigenvalue weighted by Gasteiger charge is 2.50. The third kappa shape index (κ3) is 2.32. The number of rotatable bonds is 3. The van der Waals surface area contributed by atoms with E-state index >= 15 is 0 Å². The Morgan fingerprint density at radius 1 is 1.35 bits per heavy atom. The van der Waals surface area contributed by atoms with Gasteiger partial charge in [0.05, 0.1) is 5.25 Å². The predicted octanol–water partition coefficient (Wildman–Crippen LogP) is 3.84. The number of anilines is 1. The van der Waals surface area contributed by atoms with Gasteiger partial charge in [-0.2, -0.15) is 0 Å². The average molecular weight is 397 g/mol. The molecule has 0 atom stereocenters. The summed E-state index contributed by atoms with van der Waals surface area (Å²) in [4.78, 5) is 0. The van der Waals surface area contributed by atoms with E-state index in [2.05, 4.69) is 31.9 Å². The van der Waals surface area contributed by atoms with Crippen LogP contribution in [0.4, 0.5) is 5.82 Å². The Labute approximate surface area is 143 Å². The molecule has 1 aromatic carbocycles. The van der Waals surface area contributed by atoms with Crippen molar-refractivity contribution in [1.29, 1.82) is 0 Å². The minimum Gasteiger partial charge on any atom is -0.354 e. The van der Waals surface area contributed by atoms with Gasteiger partial charge in [-0.15, -0.1) is 0 Å². The average Bonchev–Trinajstić information content (AvgIpc) is 3.14. The number of hydrogen-bond acceptors (Lipinski definition) is 4. The highest BCUT2D eigenvalue weighted by atomic mass is 79.9. The molecule has 1 aromatic heterocycles. The van der Waals surface area contributed by atoms with E-state index in [4.69, 9.17) is 4.52 Å². The first-order valence-corrected chi connectivity index (χ1v) is 9.97. The van der Waals surface area contributed by atoms with Crippen LogP contribution >= 0.6 is 15.9 Å². The number of nitrogens with one attached hydrogen (secondary N) is 1. The zero-order valence-electron chi connectivity index (χ0n) is 12.9. The van der Waals surface area contributed by atoms with E-state index in [0.717, 1.165) is 34.9 Å². The normalized spacial score (nSPS) is 17.9. The van der Waals surface area contributed by atoms with Crippen molar-refractivity contribution in [3.8, 4) is 11.3 Å². The second kappa shape index (κ2) is 4.83. The number of sulfonamides is 1. The summed E-state index contributed by atoms with van der Waals surface area (Å²) >= 11 is 3.50. The number of fused-ring (bicyclic) bond motifs is 4. The molecule has 0 unspecified atom stereocenters. The summed E-state index contributed by atoms with van der Waals surface area (Å²) in [6.07, 6.45) is 3.00. The SMILES string of the molecule is CC(C)S(=O)(=O)Nc1noc2c1CC1(CC1)c1ccc(Br)cc1-2. The van der Waals surface area contributed by atoms with Crippen LogP contribution in [0.5, 0.6) is 0 Å². The topological polar surface area (TPSA) is 72.2 Å². The second-order valence-electron chi connectivity index (χ2n) is 6.68. The second-order valence-corrected chi connectivity index (χ2v) is 9.83. The molecule has 0 aliphatic heterocycles. The van der Waals surface area contributed by atoms with Crippen molar-refractivity contribution in [2.75, 3.05) is 4.72 Å². The van der Waals surface area contributed by atoms with Crippen LogP contribution < -0.4 is 4.72 Å². The van der Waals surface area contributed by atoms with Crippen LogP contribution in [0.3, 0.4) is 0 Å². The lowest BCUT2D eigenvalue weighted by Crippen LogP contribution is -2.24. The fraction of sp³-hybridized carbons (Fsp3) is 0.438. The maximum atomic E-state index is 12.2. The molecule has 23 heavy (non-hydrogen) atoms. The van der Waals surface area contributed by atoms with Crippen LogP contribution in [0.15, 0.2) is 27.2 Å². The standard InChI is InChI=1S/C16H17BrN2O3S/c1-9(2)23(20,21)19-15-12-8-16(5-6-16)13-4-3-10(17)7-11(13)14(12)22-18-15/h3-4,7,9H,5-6,8H2,1-2H3,(H,18,19). The molecule has 1 spiro atoms. The molecule has 5 nitrogen and oxygen atoms in total. The van der Waals surface area contributed by atoms with E-state index in [1.54, 1.807) is 13.8 Å². The molecule has 122 valence electrons. The molecule has 2 aromatic rings. The van der Waals surface area contributed by atoms with Crippen LogP contribution in [0.1, 0.15) is 37.8 Å². The van der Waals surface area contributed by atoms with Crippen molar-refractivity contribution in [2.45, 2.75) is 43.8 Å². The van der Waals surface area contributed by atoms with Crippen molar-refractivity contribution in [2.24, 2.45) is 0 Å². The van der Waals surface area contributed by atoms with E-state index in [1.807, 2.05) is 12.1 Å². The van der Waals surface area contributed by atoms with Gasteiger partial charge in [-0.3, -0.25) is 4.72 Å². The number of aromatic nitrogens is 1. The number of hydrogen-bond donors (Lipinski definition) is 1. The first kappa shape index (κ1) is 15.2. The molecule has 1 saturated carbocycles. The summed E-state index contributed by atoms with van der Waals surface area (Å²) in [5.74, 6) is 1.02. The molecule has 1 N–H and O–H groups in total. The fourth-order valence-corrected chi connectivity index (χ4v) is 4.24. The smallest absolute Gasteiger partial charge is 0.236 e. The van der Waals surface area contributed by atoms with Gasteiger partial charge >= 0.3 is 0 Å². The summed E-state index contributed by atoms with van der Waals surface area (Å²) in [5.41, 5.74) is 3.28. The maximum absolute atomic E-state index is 12.2. The Bertz CT molecular complexity index is 898. The monoisotopic (exact) mass is 396 g/mol. The van der Waals surface area contributed by atoms with Crippen molar-refractivity contribution in [3.05, 3.63) is 33.8 Å². The molecule has 0 radical (unpaired) electrons. The summed E-state index contributed by atoms with van der Waals surface area (Å²) in [5, 5.41) is 3.49. The Balaban J connectivity index is 1.84. The first-order valence-electron chi connectivity index (χ1n) is 7.63. The third-order valence-electron chi connectivity index (χ3n) is 4.81. The Hall–Kier alpha value is -1.34. The van der Waals surface area contributed by atoms with Gasteiger partial charge in [0, 0.05) is 21.0 Å². The van der Waals surface area contributed by atoms with Crippen molar-refractivity contribution in [1.82, 2.24) is 5.16 Å². The van der Waals surface area contributed by atoms with Crippen LogP contribution in [0.25, 0.3) is 11.3 Å². The largest absolute Gasteiger partial charge is 0.354 e. The minimum atomic E-state index is -3.44. The van der Waals surface area contributed by atoms with Gasteiger partial charge in [-0.05, 0) is 50.8 Å². The summed E-state index contributed by atoms with van der Waals surface area (Å²) in [7, 11) is -3.44. The van der Waals surface area contributed by atoms with Gasteiger partial charge in [0.1, 0.15) is 0 Å². The first-order chi connectivity index (χ1) is 10.8. The molecule has 0 saturated heterocycles. The number of nitrogens with zero attached hydrogens (tertiary/aromatic N) is 1. The van der Waals surface area contributed by atoms with Gasteiger partial charge in [0.2, 0.25) is 10.0 Å². The molecule has 4 rings (SSSR count). The molecule has 2 aliphatic rings. The van der Waals surface area contributed by atoms with E-state index in [9.17, 15) is 8.42 Å². The van der Waals surface area contributed by atoms with E-state index in [0.29, 0.717) is 11.6 Å². The lowest BCUT2D eigenvalue weighted by molar-refractivity contribution is 0.431. The van der Waals surface area contributed by atoms with Gasteiger partial charge in [0.15, 0.2) is 11.6 Å². The van der Waals surface area contributed by atoms with Crippen molar-refractivity contribution < 1.29 is 12.9 Å². The quantitative estimate of drug-likeness (QED) is 0.854. The predicted molar refractivity (Wildman–Crippen MR) is 91.9 cm³/mol. The maximum Gasteiger partial charge on any atom is 0.236 e. The van der Waals surface area contributed by atoms with Gasteiger partial charge in [-0.1, -0.05) is 27.2 Å². The summed E-state index contributed by atoms with van der Waals surface area (Å²) < 4.78 is 33.4. The molecule has 0 amide bonds. The summed E-state index contributed by atoms with van der Waals surface area (Å²) in [6, 6.07) is 6.21. The Kier molecular flexibility index (Phi) is 3.19. The Morgan fingerprint density at radius 2 is 2.09 bits per heavy atom. The van der Waals surface area contributed by atoms with Crippen LogP contribution in [0, 0.1) is 0 Å². The zero-order valence-corrected chi connectivity index (χ0v) is 15.3. The van der Waals surface area contributed by atoms with Gasteiger partial charge < -0.3 is 4.52 Å². The minimum absolute atomic E-state index is 0.118. The highest BCUT2D eigenvalue weighted by Crippen LogP contribution is 2.58. The molecular formula is C16H17BrN2O3S. The van der Waals surface area contributed by atoms with Gasteiger partial charge in [0.25, 0.3) is 0 Å². The third-order valence-corrected chi connectivity index (χ3v) is 7.03. The molecule has 1 fully saturated rings. The molecular weight excluding hydrogens is 380 g/mol. The Morgan fingerprint density at radius 3 is 2.74 bits per heavy atom. The van der Waals surface area contributed by atoms with Crippen LogP contribution in [0.2, 0.25) is 0 Å². The van der Waals surface area contributed by atoms with E-state index < -0.39 is 15.3 Å². The van der Waals surface area contributed by atoms with E-state index in [-0.39, 0.29) is 5.41 Å². The lowest BCUT2D eigenvalue weighted by atomic mass is 9.79. The molecule has 0 bridgehead atoms. The molecule has 2 aliphatic carbocycles.